The minimum absolute atomic E-state index is 0.291. The van der Waals surface area contributed by atoms with Crippen LogP contribution >= 0.6 is 11.3 Å². The van der Waals surface area contributed by atoms with E-state index in [1.165, 1.54) is 0 Å². The summed E-state index contributed by atoms with van der Waals surface area (Å²) < 4.78 is 19.7. The average molecular weight is 382 g/mol. The summed E-state index contributed by atoms with van der Waals surface area (Å²) >= 11 is 1.56. The Balaban J connectivity index is 1.54. The van der Waals surface area contributed by atoms with Crippen molar-refractivity contribution in [3.63, 3.8) is 0 Å². The first-order valence-corrected chi connectivity index (χ1v) is 9.36. The number of H-pyrrole nitrogens is 1. The lowest BCUT2D eigenvalue weighted by Gasteiger charge is -2.08. The van der Waals surface area contributed by atoms with Crippen molar-refractivity contribution < 1.29 is 13.9 Å². The van der Waals surface area contributed by atoms with E-state index in [-0.39, 0.29) is 5.91 Å². The van der Waals surface area contributed by atoms with Gasteiger partial charge in [0.2, 0.25) is 5.91 Å². The van der Waals surface area contributed by atoms with Gasteiger partial charge < -0.3 is 15.0 Å². The Hall–Kier alpha value is -3.00. The average Bonchev–Trinajstić information content (AvgIpc) is 3.07. The fraction of sp³-hybridized carbons (Fsp3) is 0.211. The number of amides is 1. The Labute approximate surface area is 157 Å². The smallest absolute Gasteiger partial charge is 0.231 e. The summed E-state index contributed by atoms with van der Waals surface area (Å²) in [7, 11) is 1.64. The van der Waals surface area contributed by atoms with E-state index >= 15 is 0 Å². The number of hydrogen-bond acceptors (Lipinski definition) is 5. The minimum atomic E-state index is -1.03. The SMILES string of the molecule is COc1cc2scnc2cc1-c1c[nH]c2nc(NC(=O)[C@@H]3C[C@@H]3F)ccc12. The summed E-state index contributed by atoms with van der Waals surface area (Å²) in [6.07, 6.45) is 1.12. The molecule has 0 spiro atoms. The molecule has 0 unspecified atom stereocenters. The van der Waals surface area contributed by atoms with Gasteiger partial charge in [-0.1, -0.05) is 0 Å². The van der Waals surface area contributed by atoms with Crippen LogP contribution in [-0.4, -0.2) is 34.1 Å². The number of nitrogens with zero attached hydrogens (tertiary/aromatic N) is 2. The molecule has 6 nitrogen and oxygen atoms in total. The van der Waals surface area contributed by atoms with Crippen LogP contribution in [0.25, 0.3) is 32.4 Å². The highest BCUT2D eigenvalue weighted by molar-refractivity contribution is 7.16. The van der Waals surface area contributed by atoms with Crippen molar-refractivity contribution in [2.45, 2.75) is 12.6 Å². The standard InChI is InChI=1S/C19H15FN4O2S/c1-26-15-6-16-14(22-8-27-16)5-10(15)12-7-21-18-9(12)2-3-17(23-18)24-19(25)11-4-13(11)20/h2-3,5-8,11,13H,4H2,1H3,(H2,21,23,24,25)/t11-,13+/m1/s1. The molecular formula is C19H15FN4O2S. The van der Waals surface area contributed by atoms with Gasteiger partial charge in [0.05, 0.1) is 28.8 Å². The van der Waals surface area contributed by atoms with Crippen LogP contribution in [0.2, 0.25) is 0 Å². The molecule has 1 aliphatic rings. The number of carbonyl (C=O) groups excluding carboxylic acids is 1. The van der Waals surface area contributed by atoms with Crippen molar-refractivity contribution in [1.82, 2.24) is 15.0 Å². The van der Waals surface area contributed by atoms with Crippen LogP contribution in [0.1, 0.15) is 6.42 Å². The Morgan fingerprint density at radius 3 is 3.00 bits per heavy atom. The first-order chi connectivity index (χ1) is 13.1. The normalized spacial score (nSPS) is 18.7. The van der Waals surface area contributed by atoms with Crippen molar-refractivity contribution in [1.29, 1.82) is 0 Å². The number of halogens is 1. The minimum Gasteiger partial charge on any atom is -0.496 e. The number of rotatable bonds is 4. The highest BCUT2D eigenvalue weighted by Crippen LogP contribution is 2.39. The van der Waals surface area contributed by atoms with E-state index in [0.717, 1.165) is 32.5 Å². The second-order valence-corrected chi connectivity index (χ2v) is 7.40. The molecule has 0 aliphatic heterocycles. The van der Waals surface area contributed by atoms with E-state index in [4.69, 9.17) is 4.74 Å². The number of benzene rings is 1. The van der Waals surface area contributed by atoms with Crippen LogP contribution < -0.4 is 10.1 Å². The number of hydrogen-bond donors (Lipinski definition) is 2. The van der Waals surface area contributed by atoms with E-state index in [9.17, 15) is 9.18 Å². The Morgan fingerprint density at radius 2 is 2.22 bits per heavy atom. The fourth-order valence-corrected chi connectivity index (χ4v) is 3.90. The molecule has 5 rings (SSSR count). The Kier molecular flexibility index (Phi) is 3.61. The van der Waals surface area contributed by atoms with Crippen molar-refractivity contribution in [2.75, 3.05) is 12.4 Å². The third kappa shape index (κ3) is 2.73. The van der Waals surface area contributed by atoms with E-state index in [2.05, 4.69) is 20.3 Å². The van der Waals surface area contributed by atoms with Gasteiger partial charge in [-0.3, -0.25) is 4.79 Å². The number of aromatic amines is 1. The van der Waals surface area contributed by atoms with Gasteiger partial charge in [0, 0.05) is 28.8 Å². The summed E-state index contributed by atoms with van der Waals surface area (Å²) in [5, 5.41) is 3.57. The van der Waals surface area contributed by atoms with E-state index < -0.39 is 12.1 Å². The lowest BCUT2D eigenvalue weighted by Crippen LogP contribution is -2.15. The van der Waals surface area contributed by atoms with Crippen LogP contribution in [0.15, 0.2) is 36.0 Å². The molecule has 4 aromatic rings. The molecule has 2 atom stereocenters. The molecule has 1 aromatic carbocycles. The number of fused-ring (bicyclic) bond motifs is 2. The van der Waals surface area contributed by atoms with Gasteiger partial charge in [0.25, 0.3) is 0 Å². The van der Waals surface area contributed by atoms with E-state index in [1.54, 1.807) is 24.5 Å². The molecule has 0 radical (unpaired) electrons. The quantitative estimate of drug-likeness (QED) is 0.556. The highest BCUT2D eigenvalue weighted by atomic mass is 32.1. The number of pyridine rings is 1. The Morgan fingerprint density at radius 1 is 1.37 bits per heavy atom. The van der Waals surface area contributed by atoms with Crippen LogP contribution in [0, 0.1) is 5.92 Å². The second kappa shape index (κ2) is 6.02. The number of carbonyl (C=O) groups is 1. The van der Waals surface area contributed by atoms with Crippen molar-refractivity contribution in [3.05, 3.63) is 36.0 Å². The molecule has 0 saturated heterocycles. The number of methoxy groups -OCH3 is 1. The summed E-state index contributed by atoms with van der Waals surface area (Å²) in [5.74, 6) is 0.294. The topological polar surface area (TPSA) is 79.9 Å². The first-order valence-electron chi connectivity index (χ1n) is 8.48. The van der Waals surface area contributed by atoms with Crippen LogP contribution in [-0.2, 0) is 4.79 Å². The third-order valence-electron chi connectivity index (χ3n) is 4.78. The van der Waals surface area contributed by atoms with Gasteiger partial charge in [0.1, 0.15) is 23.4 Å². The van der Waals surface area contributed by atoms with Crippen molar-refractivity contribution in [2.24, 2.45) is 5.92 Å². The lowest BCUT2D eigenvalue weighted by molar-refractivity contribution is -0.117. The molecular weight excluding hydrogens is 367 g/mol. The van der Waals surface area contributed by atoms with Gasteiger partial charge in [-0.15, -0.1) is 11.3 Å². The molecule has 3 heterocycles. The molecule has 1 aliphatic carbocycles. The molecule has 27 heavy (non-hydrogen) atoms. The summed E-state index contributed by atoms with van der Waals surface area (Å²) in [4.78, 5) is 23.9. The zero-order valence-corrected chi connectivity index (χ0v) is 15.1. The highest BCUT2D eigenvalue weighted by Gasteiger charge is 2.43. The summed E-state index contributed by atoms with van der Waals surface area (Å²) in [6, 6.07) is 7.58. The van der Waals surface area contributed by atoms with Gasteiger partial charge in [-0.2, -0.15) is 0 Å². The summed E-state index contributed by atoms with van der Waals surface area (Å²) in [6.45, 7) is 0. The number of anilines is 1. The number of alkyl halides is 1. The largest absolute Gasteiger partial charge is 0.496 e. The van der Waals surface area contributed by atoms with Gasteiger partial charge in [-0.05, 0) is 24.6 Å². The molecule has 1 saturated carbocycles. The number of aromatic nitrogens is 3. The van der Waals surface area contributed by atoms with Crippen LogP contribution in [0.3, 0.4) is 0 Å². The molecule has 1 amide bonds. The zero-order chi connectivity index (χ0) is 18.5. The van der Waals surface area contributed by atoms with Crippen LogP contribution in [0.4, 0.5) is 10.2 Å². The zero-order valence-electron chi connectivity index (χ0n) is 14.3. The fourth-order valence-electron chi connectivity index (χ4n) is 3.22. The molecule has 3 aromatic heterocycles. The third-order valence-corrected chi connectivity index (χ3v) is 5.57. The van der Waals surface area contributed by atoms with Gasteiger partial charge in [-0.25, -0.2) is 14.4 Å². The van der Waals surface area contributed by atoms with Gasteiger partial charge >= 0.3 is 0 Å². The maximum Gasteiger partial charge on any atom is 0.231 e. The number of nitrogens with one attached hydrogen (secondary N) is 2. The lowest BCUT2D eigenvalue weighted by atomic mass is 10.0. The monoisotopic (exact) mass is 382 g/mol. The number of thiazole rings is 1. The predicted molar refractivity (Wildman–Crippen MR) is 103 cm³/mol. The Bertz CT molecular complexity index is 1190. The predicted octanol–water partition coefficient (Wildman–Crippen LogP) is 4.14. The van der Waals surface area contributed by atoms with Crippen LogP contribution in [0.5, 0.6) is 5.75 Å². The van der Waals surface area contributed by atoms with E-state index in [1.807, 2.05) is 29.9 Å². The number of ether oxygens (including phenoxy) is 1. The molecule has 2 N–H and O–H groups in total. The molecule has 136 valence electrons. The molecule has 1 fully saturated rings. The molecule has 8 heteroatoms. The summed E-state index contributed by atoms with van der Waals surface area (Å²) in [5.41, 5.74) is 5.21. The maximum absolute atomic E-state index is 13.0. The molecule has 0 bridgehead atoms. The second-order valence-electron chi connectivity index (χ2n) is 6.52. The maximum atomic E-state index is 13.0. The first kappa shape index (κ1) is 16.2. The van der Waals surface area contributed by atoms with Crippen molar-refractivity contribution in [3.8, 4) is 16.9 Å². The van der Waals surface area contributed by atoms with Gasteiger partial charge in [0.15, 0.2) is 0 Å². The van der Waals surface area contributed by atoms with Crippen molar-refractivity contribution >= 4 is 44.3 Å². The van der Waals surface area contributed by atoms with E-state index in [0.29, 0.717) is 17.9 Å².